The molecular formula is C15H22N6O5. The third-order valence-corrected chi connectivity index (χ3v) is 3.37. The van der Waals surface area contributed by atoms with E-state index in [1.54, 1.807) is 25.3 Å². The fourth-order valence-electron chi connectivity index (χ4n) is 2.31. The number of hydrogen-bond acceptors (Lipinski definition) is 7. The van der Waals surface area contributed by atoms with Gasteiger partial charge >= 0.3 is 12.1 Å². The smallest absolute Gasteiger partial charge is 0.408 e. The van der Waals surface area contributed by atoms with Crippen LogP contribution in [0.1, 0.15) is 33.6 Å². The Hall–Kier alpha value is -3.11. The Morgan fingerprint density at radius 1 is 1.46 bits per heavy atom. The standard InChI is InChI=1S/C15H22N6O5/c1-15(2,3)26-14(25)18-8(12(23)24)5-4-6-21-7-17-9-10(21)19-13(16)20-11(9)22/h7-8H,4-6H2,1-3H3,(H,18,25)(H,23,24)(H3,16,19,20,22)/t8-/m0/s1. The highest BCUT2D eigenvalue weighted by molar-refractivity contribution is 5.80. The summed E-state index contributed by atoms with van der Waals surface area (Å²) in [5.74, 6) is -1.19. The molecule has 1 amide bonds. The summed E-state index contributed by atoms with van der Waals surface area (Å²) < 4.78 is 6.67. The normalized spacial score (nSPS) is 12.7. The number of aromatic amines is 1. The largest absolute Gasteiger partial charge is 0.480 e. The number of aryl methyl sites for hydroxylation is 1. The van der Waals surface area contributed by atoms with Crippen LogP contribution in [0.4, 0.5) is 10.7 Å². The zero-order chi connectivity index (χ0) is 19.5. The monoisotopic (exact) mass is 366 g/mol. The van der Waals surface area contributed by atoms with E-state index in [-0.39, 0.29) is 17.9 Å². The Bertz CT molecular complexity index is 866. The molecule has 26 heavy (non-hydrogen) atoms. The van der Waals surface area contributed by atoms with E-state index in [4.69, 9.17) is 10.5 Å². The van der Waals surface area contributed by atoms with Gasteiger partial charge in [-0.05, 0) is 33.6 Å². The van der Waals surface area contributed by atoms with Crippen molar-refractivity contribution in [3.63, 3.8) is 0 Å². The number of nitrogens with zero attached hydrogens (tertiary/aromatic N) is 3. The molecule has 0 radical (unpaired) electrons. The number of amides is 1. The quantitative estimate of drug-likeness (QED) is 0.572. The lowest BCUT2D eigenvalue weighted by molar-refractivity contribution is -0.139. The molecule has 2 aromatic heterocycles. The number of carboxylic acids is 1. The highest BCUT2D eigenvalue weighted by atomic mass is 16.6. The number of carbonyl (C=O) groups is 2. The van der Waals surface area contributed by atoms with Crippen LogP contribution in [-0.4, -0.2) is 48.3 Å². The van der Waals surface area contributed by atoms with Gasteiger partial charge in [0.1, 0.15) is 11.6 Å². The number of nitrogen functional groups attached to an aromatic ring is 1. The molecule has 11 nitrogen and oxygen atoms in total. The van der Waals surface area contributed by atoms with Crippen molar-refractivity contribution in [2.75, 3.05) is 5.73 Å². The number of nitrogens with one attached hydrogen (secondary N) is 2. The van der Waals surface area contributed by atoms with Crippen molar-refractivity contribution in [2.45, 2.75) is 51.8 Å². The minimum atomic E-state index is -1.16. The summed E-state index contributed by atoms with van der Waals surface area (Å²) in [6.07, 6.45) is 1.20. The summed E-state index contributed by atoms with van der Waals surface area (Å²) in [5.41, 5.74) is 4.84. The highest BCUT2D eigenvalue weighted by Gasteiger charge is 2.23. The maximum Gasteiger partial charge on any atom is 0.408 e. The second-order valence-corrected chi connectivity index (χ2v) is 6.74. The number of carboxylic acid groups (broad SMARTS) is 1. The van der Waals surface area contributed by atoms with Crippen LogP contribution in [0.2, 0.25) is 0 Å². The zero-order valence-electron chi connectivity index (χ0n) is 14.8. The van der Waals surface area contributed by atoms with Crippen molar-refractivity contribution >= 4 is 29.2 Å². The van der Waals surface area contributed by atoms with Gasteiger partial charge in [-0.3, -0.25) is 9.78 Å². The van der Waals surface area contributed by atoms with Crippen LogP contribution < -0.4 is 16.6 Å². The fourth-order valence-corrected chi connectivity index (χ4v) is 2.31. The molecule has 2 heterocycles. The van der Waals surface area contributed by atoms with Crippen molar-refractivity contribution in [3.8, 4) is 0 Å². The Labute approximate surface area is 148 Å². The lowest BCUT2D eigenvalue weighted by atomic mass is 10.1. The predicted molar refractivity (Wildman–Crippen MR) is 92.6 cm³/mol. The van der Waals surface area contributed by atoms with Gasteiger partial charge in [-0.15, -0.1) is 0 Å². The second kappa shape index (κ2) is 7.42. The van der Waals surface area contributed by atoms with E-state index in [0.29, 0.717) is 18.6 Å². The van der Waals surface area contributed by atoms with Crippen LogP contribution in [-0.2, 0) is 16.1 Å². The van der Waals surface area contributed by atoms with E-state index >= 15 is 0 Å². The van der Waals surface area contributed by atoms with Crippen molar-refractivity contribution in [2.24, 2.45) is 0 Å². The van der Waals surface area contributed by atoms with Crippen molar-refractivity contribution in [1.82, 2.24) is 24.8 Å². The number of nitrogens with two attached hydrogens (primary N) is 1. The van der Waals surface area contributed by atoms with E-state index < -0.39 is 29.3 Å². The number of aromatic nitrogens is 4. The summed E-state index contributed by atoms with van der Waals surface area (Å²) in [5, 5.41) is 11.6. The van der Waals surface area contributed by atoms with Crippen molar-refractivity contribution < 1.29 is 19.4 Å². The van der Waals surface area contributed by atoms with E-state index in [9.17, 15) is 19.5 Å². The fraction of sp³-hybridized carbons (Fsp3) is 0.533. The average molecular weight is 366 g/mol. The number of fused-ring (bicyclic) bond motifs is 1. The molecule has 0 aliphatic rings. The molecule has 0 fully saturated rings. The van der Waals surface area contributed by atoms with Gasteiger partial charge in [0.05, 0.1) is 6.33 Å². The number of aliphatic carboxylic acids is 1. The van der Waals surface area contributed by atoms with Crippen LogP contribution >= 0.6 is 0 Å². The van der Waals surface area contributed by atoms with E-state index in [0.717, 1.165) is 0 Å². The molecule has 0 bridgehead atoms. The summed E-state index contributed by atoms with van der Waals surface area (Å²) in [6, 6.07) is -1.10. The van der Waals surface area contributed by atoms with Crippen LogP contribution in [0.25, 0.3) is 11.2 Å². The van der Waals surface area contributed by atoms with E-state index in [2.05, 4.69) is 20.3 Å². The molecule has 2 rings (SSSR count). The van der Waals surface area contributed by atoms with Gasteiger partial charge in [-0.25, -0.2) is 14.6 Å². The number of ether oxygens (including phenoxy) is 1. The lowest BCUT2D eigenvalue weighted by Gasteiger charge is -2.22. The number of imidazole rings is 1. The van der Waals surface area contributed by atoms with Crippen LogP contribution in [0.15, 0.2) is 11.1 Å². The molecule has 0 saturated carbocycles. The summed E-state index contributed by atoms with van der Waals surface area (Å²) in [6.45, 7) is 5.42. The van der Waals surface area contributed by atoms with Gasteiger partial charge in [-0.2, -0.15) is 4.98 Å². The summed E-state index contributed by atoms with van der Waals surface area (Å²) in [4.78, 5) is 45.2. The first-order chi connectivity index (χ1) is 12.1. The van der Waals surface area contributed by atoms with Gasteiger partial charge in [0.25, 0.3) is 5.56 Å². The Kier molecular flexibility index (Phi) is 5.48. The number of alkyl carbamates (subject to hydrolysis) is 1. The van der Waals surface area contributed by atoms with Gasteiger partial charge in [0, 0.05) is 6.54 Å². The van der Waals surface area contributed by atoms with Crippen LogP contribution in [0, 0.1) is 0 Å². The molecule has 2 aromatic rings. The lowest BCUT2D eigenvalue weighted by Crippen LogP contribution is -2.43. The third kappa shape index (κ3) is 4.94. The minimum Gasteiger partial charge on any atom is -0.480 e. The molecule has 0 aliphatic heterocycles. The molecular weight excluding hydrogens is 344 g/mol. The topological polar surface area (TPSA) is 165 Å². The zero-order valence-corrected chi connectivity index (χ0v) is 14.8. The molecule has 0 spiro atoms. The summed E-state index contributed by atoms with van der Waals surface area (Å²) >= 11 is 0. The maximum atomic E-state index is 11.7. The minimum absolute atomic E-state index is 0.0285. The molecule has 1 atom stereocenters. The van der Waals surface area contributed by atoms with E-state index in [1.165, 1.54) is 6.33 Å². The first kappa shape index (κ1) is 19.2. The number of rotatable bonds is 6. The molecule has 142 valence electrons. The van der Waals surface area contributed by atoms with Crippen LogP contribution in [0.3, 0.4) is 0 Å². The third-order valence-electron chi connectivity index (χ3n) is 3.37. The summed E-state index contributed by atoms with van der Waals surface area (Å²) in [7, 11) is 0. The number of H-pyrrole nitrogens is 1. The Balaban J connectivity index is 1.99. The number of carbonyl (C=O) groups excluding carboxylic acids is 1. The molecule has 0 unspecified atom stereocenters. The molecule has 11 heteroatoms. The second-order valence-electron chi connectivity index (χ2n) is 6.74. The van der Waals surface area contributed by atoms with Crippen LogP contribution in [0.5, 0.6) is 0 Å². The maximum absolute atomic E-state index is 11.7. The number of hydrogen-bond donors (Lipinski definition) is 4. The Morgan fingerprint density at radius 2 is 2.15 bits per heavy atom. The molecule has 5 N–H and O–H groups in total. The average Bonchev–Trinajstić information content (AvgIpc) is 2.87. The first-order valence-corrected chi connectivity index (χ1v) is 8.00. The van der Waals surface area contributed by atoms with Gasteiger partial charge in [0.2, 0.25) is 5.95 Å². The van der Waals surface area contributed by atoms with Gasteiger partial charge < -0.3 is 25.5 Å². The van der Waals surface area contributed by atoms with Gasteiger partial charge in [0.15, 0.2) is 11.2 Å². The Morgan fingerprint density at radius 3 is 2.77 bits per heavy atom. The first-order valence-electron chi connectivity index (χ1n) is 8.00. The molecule has 0 aromatic carbocycles. The number of anilines is 1. The SMILES string of the molecule is CC(C)(C)OC(=O)N[C@@H](CCCn1cnc2c(=O)[nH]c(N)nc21)C(=O)O. The molecule has 0 aliphatic carbocycles. The van der Waals surface area contributed by atoms with Gasteiger partial charge in [-0.1, -0.05) is 0 Å². The van der Waals surface area contributed by atoms with Crippen molar-refractivity contribution in [3.05, 3.63) is 16.7 Å². The van der Waals surface area contributed by atoms with E-state index in [1.807, 2.05) is 0 Å². The highest BCUT2D eigenvalue weighted by Crippen LogP contribution is 2.10. The molecule has 0 saturated heterocycles. The predicted octanol–water partition coefficient (Wildman–Crippen LogP) is 0.460. The van der Waals surface area contributed by atoms with Crippen molar-refractivity contribution in [1.29, 1.82) is 0 Å².